The molecule has 1 aliphatic rings. The van der Waals surface area contributed by atoms with Crippen molar-refractivity contribution >= 4 is 17.2 Å². The van der Waals surface area contributed by atoms with Crippen molar-refractivity contribution in [1.29, 1.82) is 0 Å². The van der Waals surface area contributed by atoms with Crippen LogP contribution in [0.4, 0.5) is 0 Å². The number of H-pyrrole nitrogens is 1. The zero-order valence-corrected chi connectivity index (χ0v) is 21.5. The number of imidazole rings is 1. The Morgan fingerprint density at radius 1 is 1.15 bits per heavy atom. The number of aryl methyl sites for hydroxylation is 2. The second kappa shape index (κ2) is 10.6. The van der Waals surface area contributed by atoms with Crippen LogP contribution in [0.3, 0.4) is 0 Å². The van der Waals surface area contributed by atoms with Crippen LogP contribution in [0.2, 0.25) is 0 Å². The fourth-order valence-electron chi connectivity index (χ4n) is 4.12. The summed E-state index contributed by atoms with van der Waals surface area (Å²) < 4.78 is 0. The van der Waals surface area contributed by atoms with E-state index in [4.69, 9.17) is 0 Å². The normalized spacial score (nSPS) is 18.9. The number of rotatable bonds is 5. The summed E-state index contributed by atoms with van der Waals surface area (Å²) in [5.41, 5.74) is 4.15. The molecule has 33 heavy (non-hydrogen) atoms. The zero-order valence-electron chi connectivity index (χ0n) is 20.7. The Labute approximate surface area is 201 Å². The van der Waals surface area contributed by atoms with Gasteiger partial charge in [0.05, 0.1) is 39.6 Å². The maximum atomic E-state index is 13.0. The number of aromatic nitrogens is 3. The largest absolute Gasteiger partial charge is 0.391 e. The molecule has 3 unspecified atom stereocenters. The topological polar surface area (TPSA) is 82.1 Å². The standard InChI is InChI=1S/C24H30N4O2S.C2H6/c1-13(2)14(3)24(30)28-12-19(29)10-21(28)23-25-11-20(27-23)17-6-8-18(9-7-17)22-15(4)26-16(5)31-22;1-2/h6-9,11,13-14,19,21,29H,10,12H2,1-5H3,(H,25,27);1-2H3. The molecule has 3 atom stereocenters. The van der Waals surface area contributed by atoms with E-state index in [1.165, 1.54) is 4.88 Å². The van der Waals surface area contributed by atoms with Gasteiger partial charge in [-0.05, 0) is 30.9 Å². The first-order valence-corrected chi connectivity index (χ1v) is 12.6. The average Bonchev–Trinajstić information content (AvgIpc) is 3.52. The number of hydrogen-bond acceptors (Lipinski definition) is 5. The minimum Gasteiger partial charge on any atom is -0.391 e. The smallest absolute Gasteiger partial charge is 0.226 e. The number of aliphatic hydroxyl groups is 1. The lowest BCUT2D eigenvalue weighted by Gasteiger charge is -2.27. The van der Waals surface area contributed by atoms with E-state index >= 15 is 0 Å². The van der Waals surface area contributed by atoms with E-state index in [2.05, 4.69) is 39.2 Å². The molecule has 7 heteroatoms. The van der Waals surface area contributed by atoms with Crippen molar-refractivity contribution in [2.75, 3.05) is 6.54 Å². The highest BCUT2D eigenvalue weighted by Crippen LogP contribution is 2.35. The second-order valence-electron chi connectivity index (χ2n) is 8.84. The van der Waals surface area contributed by atoms with Gasteiger partial charge in [-0.1, -0.05) is 58.9 Å². The van der Waals surface area contributed by atoms with Gasteiger partial charge in [-0.3, -0.25) is 4.79 Å². The first-order chi connectivity index (χ1) is 15.7. The van der Waals surface area contributed by atoms with Crippen molar-refractivity contribution in [3.05, 3.63) is 47.0 Å². The third-order valence-corrected chi connectivity index (χ3v) is 7.35. The van der Waals surface area contributed by atoms with E-state index in [1.54, 1.807) is 16.2 Å². The number of carbonyl (C=O) groups excluding carboxylic acids is 1. The van der Waals surface area contributed by atoms with Crippen molar-refractivity contribution < 1.29 is 9.90 Å². The number of aliphatic hydroxyl groups excluding tert-OH is 1. The Balaban J connectivity index is 0.00000149. The van der Waals surface area contributed by atoms with Crippen LogP contribution in [-0.4, -0.2) is 43.5 Å². The third kappa shape index (κ3) is 5.36. The number of nitrogens with one attached hydrogen (secondary N) is 1. The number of thiazole rings is 1. The van der Waals surface area contributed by atoms with Crippen molar-refractivity contribution in [3.63, 3.8) is 0 Å². The molecule has 4 rings (SSSR count). The number of β-amino-alcohol motifs (C(OH)–C–C–N with tert-alkyl or cyclic N) is 1. The van der Waals surface area contributed by atoms with Crippen LogP contribution in [-0.2, 0) is 4.79 Å². The molecule has 0 bridgehead atoms. The Morgan fingerprint density at radius 3 is 2.36 bits per heavy atom. The van der Waals surface area contributed by atoms with Gasteiger partial charge in [0.2, 0.25) is 5.91 Å². The summed E-state index contributed by atoms with van der Waals surface area (Å²) in [5, 5.41) is 11.3. The summed E-state index contributed by atoms with van der Waals surface area (Å²) in [5.74, 6) is 0.971. The number of likely N-dealkylation sites (tertiary alicyclic amines) is 1. The molecule has 0 radical (unpaired) electrons. The first kappa shape index (κ1) is 25.1. The molecule has 1 amide bonds. The number of nitrogens with zero attached hydrogens (tertiary/aromatic N) is 3. The molecule has 0 saturated carbocycles. The van der Waals surface area contributed by atoms with Crippen LogP contribution in [0.15, 0.2) is 30.5 Å². The van der Waals surface area contributed by atoms with Gasteiger partial charge in [-0.25, -0.2) is 9.97 Å². The summed E-state index contributed by atoms with van der Waals surface area (Å²) in [6.07, 6.45) is 1.80. The number of carbonyl (C=O) groups is 1. The number of aromatic amines is 1. The van der Waals surface area contributed by atoms with Gasteiger partial charge in [-0.2, -0.15) is 0 Å². The molecule has 1 fully saturated rings. The van der Waals surface area contributed by atoms with Gasteiger partial charge in [0, 0.05) is 18.9 Å². The molecule has 3 aromatic rings. The molecule has 1 aromatic carbocycles. The molecule has 0 aliphatic carbocycles. The monoisotopic (exact) mass is 468 g/mol. The van der Waals surface area contributed by atoms with Crippen molar-refractivity contribution in [3.8, 4) is 21.7 Å². The fraction of sp³-hybridized carbons (Fsp3) is 0.500. The summed E-state index contributed by atoms with van der Waals surface area (Å²) in [7, 11) is 0. The molecule has 1 saturated heterocycles. The lowest BCUT2D eigenvalue weighted by Crippen LogP contribution is -2.37. The predicted molar refractivity (Wildman–Crippen MR) is 135 cm³/mol. The van der Waals surface area contributed by atoms with Gasteiger partial charge >= 0.3 is 0 Å². The van der Waals surface area contributed by atoms with Crippen LogP contribution >= 0.6 is 11.3 Å². The van der Waals surface area contributed by atoms with Gasteiger partial charge in [0.25, 0.3) is 0 Å². The molecule has 178 valence electrons. The van der Waals surface area contributed by atoms with Crippen LogP contribution < -0.4 is 0 Å². The fourth-order valence-corrected chi connectivity index (χ4v) is 5.04. The summed E-state index contributed by atoms with van der Waals surface area (Å²) >= 11 is 1.70. The molecule has 0 spiro atoms. The van der Waals surface area contributed by atoms with E-state index in [1.807, 2.05) is 54.7 Å². The molecular weight excluding hydrogens is 432 g/mol. The Morgan fingerprint density at radius 2 is 1.79 bits per heavy atom. The average molecular weight is 469 g/mol. The van der Waals surface area contributed by atoms with Gasteiger partial charge < -0.3 is 15.0 Å². The summed E-state index contributed by atoms with van der Waals surface area (Å²) in [6, 6.07) is 8.15. The van der Waals surface area contributed by atoms with Gasteiger partial charge in [0.15, 0.2) is 0 Å². The Kier molecular flexibility index (Phi) is 8.08. The number of benzene rings is 1. The quantitative estimate of drug-likeness (QED) is 0.498. The molecule has 2 aromatic heterocycles. The van der Waals surface area contributed by atoms with Crippen LogP contribution in [0.1, 0.15) is 63.6 Å². The van der Waals surface area contributed by atoms with Crippen molar-refractivity contribution in [2.24, 2.45) is 11.8 Å². The van der Waals surface area contributed by atoms with Crippen molar-refractivity contribution in [1.82, 2.24) is 19.9 Å². The molecule has 3 heterocycles. The van der Waals surface area contributed by atoms with Gasteiger partial charge in [-0.15, -0.1) is 11.3 Å². The SMILES string of the molecule is CC.Cc1nc(C)c(-c2ccc(-c3cnc(C4CC(O)CN4C(=O)C(C)C(C)C)[nH]3)cc2)s1. The molecule has 2 N–H and O–H groups in total. The maximum absolute atomic E-state index is 13.0. The molecule has 1 aliphatic heterocycles. The predicted octanol–water partition coefficient (Wildman–Crippen LogP) is 5.77. The lowest BCUT2D eigenvalue weighted by molar-refractivity contribution is -0.137. The maximum Gasteiger partial charge on any atom is 0.226 e. The Bertz CT molecular complexity index is 1070. The lowest BCUT2D eigenvalue weighted by atomic mass is 9.96. The molecular formula is C26H36N4O2S. The van der Waals surface area contributed by atoms with Crippen LogP contribution in [0.25, 0.3) is 21.7 Å². The minimum absolute atomic E-state index is 0.0778. The highest BCUT2D eigenvalue weighted by Gasteiger charge is 2.39. The van der Waals surface area contributed by atoms with E-state index < -0.39 is 6.10 Å². The minimum atomic E-state index is -0.521. The van der Waals surface area contributed by atoms with Crippen LogP contribution in [0.5, 0.6) is 0 Å². The number of hydrogen-bond donors (Lipinski definition) is 2. The van der Waals surface area contributed by atoms with Crippen LogP contribution in [0, 0.1) is 25.7 Å². The van der Waals surface area contributed by atoms with E-state index in [0.717, 1.165) is 33.3 Å². The third-order valence-electron chi connectivity index (χ3n) is 6.22. The summed E-state index contributed by atoms with van der Waals surface area (Å²) in [4.78, 5) is 28.4. The van der Waals surface area contributed by atoms with E-state index in [9.17, 15) is 9.90 Å². The van der Waals surface area contributed by atoms with E-state index in [0.29, 0.717) is 13.0 Å². The number of amides is 1. The van der Waals surface area contributed by atoms with Crippen molar-refractivity contribution in [2.45, 2.75) is 67.0 Å². The Hall–Kier alpha value is -2.51. The van der Waals surface area contributed by atoms with E-state index in [-0.39, 0.29) is 23.8 Å². The zero-order chi connectivity index (χ0) is 24.3. The first-order valence-electron chi connectivity index (χ1n) is 11.8. The molecule has 6 nitrogen and oxygen atoms in total. The highest BCUT2D eigenvalue weighted by molar-refractivity contribution is 7.15. The summed E-state index contributed by atoms with van der Waals surface area (Å²) in [6.45, 7) is 14.5. The van der Waals surface area contributed by atoms with Gasteiger partial charge in [0.1, 0.15) is 5.82 Å². The second-order valence-corrected chi connectivity index (χ2v) is 10.0. The highest BCUT2D eigenvalue weighted by atomic mass is 32.1.